The van der Waals surface area contributed by atoms with Crippen LogP contribution in [0.1, 0.15) is 82.9 Å². The van der Waals surface area contributed by atoms with Crippen LogP contribution in [0.25, 0.3) is 0 Å². The predicted octanol–water partition coefficient (Wildman–Crippen LogP) is 3.08. The Morgan fingerprint density at radius 3 is 2.54 bits per heavy atom. The van der Waals surface area contributed by atoms with E-state index in [1.165, 1.54) is 11.1 Å². The lowest BCUT2D eigenvalue weighted by Crippen LogP contribution is -2.58. The molecule has 2 bridgehead atoms. The van der Waals surface area contributed by atoms with Crippen molar-refractivity contribution in [1.29, 1.82) is 0 Å². The highest BCUT2D eigenvalue weighted by molar-refractivity contribution is 5.95. The SMILES string of the molecule is CC(C)C[C@@H](NC(=O)CNC(=O)[C@@]1(c2ccccc2)C[C@H]1CN1CC[C@@]2(C)c3cc(O)ccc3C[C@@H]1[C@@H]2C)C(=O)NCCCCCN=C(N)N. The number of benzene rings is 2. The Hall–Kier alpha value is -4.12. The van der Waals surface area contributed by atoms with Crippen molar-refractivity contribution in [3.8, 4) is 5.75 Å². The van der Waals surface area contributed by atoms with Crippen molar-refractivity contribution in [3.63, 3.8) is 0 Å². The molecule has 2 aliphatic carbocycles. The number of piperidine rings is 1. The van der Waals surface area contributed by atoms with E-state index in [0.717, 1.165) is 50.8 Å². The standard InChI is InChI=1S/C39H57N7O4/c1-25(2)19-32(35(49)42-16-9-6-10-17-43-37(40)41)45-34(48)23-44-36(50)39(28-11-7-5-8-12-28)22-29(39)24-46-18-15-38(4)26(3)33(46)20-27-13-14-30(47)21-31(27)38/h5,7-8,11-14,21,25-26,29,32-33,47H,6,9-10,15-20,22-24H2,1-4H3,(H,42,49)(H,44,50)(H,45,48)(H4,40,41,43)/t26-,29-,32+,33+,38+,39+/m0/s1. The van der Waals surface area contributed by atoms with Gasteiger partial charge in [-0.05, 0) is 103 Å². The topological polar surface area (TPSA) is 175 Å². The van der Waals surface area contributed by atoms with Crippen molar-refractivity contribution in [1.82, 2.24) is 20.9 Å². The summed E-state index contributed by atoms with van der Waals surface area (Å²) in [5.41, 5.74) is 13.6. The number of rotatable bonds is 16. The largest absolute Gasteiger partial charge is 0.508 e. The molecule has 0 aromatic heterocycles. The van der Waals surface area contributed by atoms with Gasteiger partial charge in [0.2, 0.25) is 17.7 Å². The van der Waals surface area contributed by atoms with Gasteiger partial charge in [0.1, 0.15) is 11.8 Å². The summed E-state index contributed by atoms with van der Waals surface area (Å²) in [6, 6.07) is 15.4. The third-order valence-corrected chi connectivity index (χ3v) is 11.6. The number of carbonyl (C=O) groups excluding carboxylic acids is 3. The molecule has 0 unspecified atom stereocenters. The lowest BCUT2D eigenvalue weighted by Gasteiger charge is -2.55. The molecule has 1 saturated heterocycles. The van der Waals surface area contributed by atoms with Crippen molar-refractivity contribution < 1.29 is 19.5 Å². The minimum absolute atomic E-state index is 0.00194. The van der Waals surface area contributed by atoms with Crippen LogP contribution in [0.4, 0.5) is 0 Å². The maximum Gasteiger partial charge on any atom is 0.242 e. The second-order valence-corrected chi connectivity index (χ2v) is 15.4. The smallest absolute Gasteiger partial charge is 0.242 e. The van der Waals surface area contributed by atoms with E-state index in [1.807, 2.05) is 50.2 Å². The van der Waals surface area contributed by atoms with Gasteiger partial charge in [-0.25, -0.2) is 0 Å². The van der Waals surface area contributed by atoms with E-state index in [9.17, 15) is 19.5 Å². The molecule has 2 fully saturated rings. The molecule has 3 amide bonds. The first kappa shape index (κ1) is 37.1. The fraction of sp³-hybridized carbons (Fsp3) is 0.590. The molecular formula is C39H57N7O4. The first-order chi connectivity index (χ1) is 23.8. The van der Waals surface area contributed by atoms with Crippen molar-refractivity contribution in [3.05, 3.63) is 65.2 Å². The summed E-state index contributed by atoms with van der Waals surface area (Å²) < 4.78 is 0. The highest BCUT2D eigenvalue weighted by Crippen LogP contribution is 2.56. The number of nitrogens with two attached hydrogens (primary N) is 2. The number of hydrogen-bond acceptors (Lipinski definition) is 6. The van der Waals surface area contributed by atoms with Crippen molar-refractivity contribution >= 4 is 23.7 Å². The molecular weight excluding hydrogens is 630 g/mol. The maximum atomic E-state index is 14.1. The number of phenolic OH excluding ortho intramolecular Hbond substituents is 1. The van der Waals surface area contributed by atoms with Crippen LogP contribution in [-0.2, 0) is 31.6 Å². The maximum absolute atomic E-state index is 14.1. The Labute approximate surface area is 297 Å². The van der Waals surface area contributed by atoms with Gasteiger partial charge in [0.25, 0.3) is 0 Å². The number of nitrogens with zero attached hydrogens (tertiary/aromatic N) is 2. The van der Waals surface area contributed by atoms with Gasteiger partial charge in [0.15, 0.2) is 5.96 Å². The molecule has 1 aliphatic heterocycles. The molecule has 11 heteroatoms. The molecule has 1 saturated carbocycles. The second-order valence-electron chi connectivity index (χ2n) is 15.4. The molecule has 8 N–H and O–H groups in total. The van der Waals surface area contributed by atoms with Crippen LogP contribution in [0, 0.1) is 17.8 Å². The molecule has 2 aromatic carbocycles. The average molecular weight is 688 g/mol. The summed E-state index contributed by atoms with van der Waals surface area (Å²) in [5, 5.41) is 19.0. The van der Waals surface area contributed by atoms with Gasteiger partial charge in [-0.3, -0.25) is 24.3 Å². The number of aliphatic imine (C=N–C) groups is 1. The molecule has 3 aliphatic rings. The Kier molecular flexibility index (Phi) is 11.8. The predicted molar refractivity (Wildman–Crippen MR) is 196 cm³/mol. The van der Waals surface area contributed by atoms with Gasteiger partial charge in [-0.15, -0.1) is 0 Å². The van der Waals surface area contributed by atoms with E-state index in [-0.39, 0.29) is 47.5 Å². The van der Waals surface area contributed by atoms with Gasteiger partial charge < -0.3 is 32.5 Å². The number of phenols is 1. The van der Waals surface area contributed by atoms with Gasteiger partial charge in [0, 0.05) is 25.7 Å². The number of fused-ring (bicyclic) bond motifs is 4. The zero-order valence-corrected chi connectivity index (χ0v) is 30.2. The summed E-state index contributed by atoms with van der Waals surface area (Å²) in [4.78, 5) is 46.8. The number of aromatic hydroxyl groups is 1. The van der Waals surface area contributed by atoms with Gasteiger partial charge in [-0.2, -0.15) is 0 Å². The lowest BCUT2D eigenvalue weighted by molar-refractivity contribution is -0.130. The molecule has 0 spiro atoms. The Morgan fingerprint density at radius 1 is 1.06 bits per heavy atom. The second kappa shape index (κ2) is 15.8. The van der Waals surface area contributed by atoms with E-state index in [2.05, 4.69) is 45.8 Å². The van der Waals surface area contributed by atoms with E-state index >= 15 is 0 Å². The zero-order valence-electron chi connectivity index (χ0n) is 30.2. The fourth-order valence-corrected chi connectivity index (χ4v) is 8.48. The lowest BCUT2D eigenvalue weighted by atomic mass is 9.59. The Bertz CT molecular complexity index is 1540. The van der Waals surface area contributed by atoms with E-state index in [1.54, 1.807) is 6.07 Å². The number of guanidine groups is 1. The summed E-state index contributed by atoms with van der Waals surface area (Å²) in [6.07, 6.45) is 5.59. The molecule has 6 atom stereocenters. The van der Waals surface area contributed by atoms with E-state index < -0.39 is 11.5 Å². The van der Waals surface area contributed by atoms with Crippen LogP contribution in [0.15, 0.2) is 53.5 Å². The highest BCUT2D eigenvalue weighted by Gasteiger charge is 2.62. The van der Waals surface area contributed by atoms with Crippen LogP contribution in [0.3, 0.4) is 0 Å². The number of unbranched alkanes of at least 4 members (excludes halogenated alkanes) is 2. The van der Waals surface area contributed by atoms with Crippen molar-refractivity contribution in [2.45, 2.75) is 95.6 Å². The van der Waals surface area contributed by atoms with Gasteiger partial charge >= 0.3 is 0 Å². The summed E-state index contributed by atoms with van der Waals surface area (Å²) >= 11 is 0. The molecule has 11 nitrogen and oxygen atoms in total. The highest BCUT2D eigenvalue weighted by atomic mass is 16.3. The first-order valence-corrected chi connectivity index (χ1v) is 18.4. The summed E-state index contributed by atoms with van der Waals surface area (Å²) in [5.74, 6) is 0.359. The van der Waals surface area contributed by atoms with Gasteiger partial charge in [0.05, 0.1) is 12.0 Å². The molecule has 272 valence electrons. The van der Waals surface area contributed by atoms with Crippen LogP contribution < -0.4 is 27.4 Å². The molecule has 1 heterocycles. The zero-order chi connectivity index (χ0) is 36.1. The van der Waals surface area contributed by atoms with Crippen LogP contribution >= 0.6 is 0 Å². The minimum atomic E-state index is -0.709. The fourth-order valence-electron chi connectivity index (χ4n) is 8.48. The number of nitrogens with one attached hydrogen (secondary N) is 3. The number of carbonyl (C=O) groups is 3. The minimum Gasteiger partial charge on any atom is -0.508 e. The quantitative estimate of drug-likeness (QED) is 0.0893. The average Bonchev–Trinajstić information content (AvgIpc) is 3.81. The Balaban J connectivity index is 1.19. The third-order valence-electron chi connectivity index (χ3n) is 11.6. The van der Waals surface area contributed by atoms with E-state index in [0.29, 0.717) is 43.6 Å². The molecule has 50 heavy (non-hydrogen) atoms. The summed E-state index contributed by atoms with van der Waals surface area (Å²) in [7, 11) is 0. The molecule has 2 aromatic rings. The van der Waals surface area contributed by atoms with Crippen LogP contribution in [0.2, 0.25) is 0 Å². The molecule has 0 radical (unpaired) electrons. The van der Waals surface area contributed by atoms with Crippen LogP contribution in [0.5, 0.6) is 5.75 Å². The third kappa shape index (κ3) is 8.25. The number of likely N-dealkylation sites (tertiary alicyclic amines) is 1. The monoisotopic (exact) mass is 687 g/mol. The molecule has 5 rings (SSSR count). The van der Waals surface area contributed by atoms with E-state index in [4.69, 9.17) is 11.5 Å². The van der Waals surface area contributed by atoms with Gasteiger partial charge in [-0.1, -0.05) is 64.1 Å². The van der Waals surface area contributed by atoms with Crippen molar-refractivity contribution in [2.24, 2.45) is 34.2 Å². The number of amides is 3. The first-order valence-electron chi connectivity index (χ1n) is 18.4. The van der Waals surface area contributed by atoms with Crippen LogP contribution in [-0.4, -0.2) is 78.5 Å². The normalized spacial score (nSPS) is 26.0. The van der Waals surface area contributed by atoms with Crippen molar-refractivity contribution in [2.75, 3.05) is 32.7 Å². The summed E-state index contributed by atoms with van der Waals surface area (Å²) in [6.45, 7) is 11.3. The number of hydrogen-bond donors (Lipinski definition) is 6. The Morgan fingerprint density at radius 2 is 1.82 bits per heavy atom.